The van der Waals surface area contributed by atoms with Gasteiger partial charge in [-0.25, -0.2) is 0 Å². The number of nitro groups is 1. The van der Waals surface area contributed by atoms with Crippen molar-refractivity contribution in [1.82, 2.24) is 4.57 Å². The van der Waals surface area contributed by atoms with Crippen LogP contribution in [0.25, 0.3) is 10.2 Å². The Morgan fingerprint density at radius 2 is 1.93 bits per heavy atom. The third kappa shape index (κ3) is 4.42. The minimum Gasteiger partial charge on any atom is -0.465 e. The van der Waals surface area contributed by atoms with E-state index >= 15 is 0 Å². The van der Waals surface area contributed by atoms with Gasteiger partial charge in [0.2, 0.25) is 0 Å². The van der Waals surface area contributed by atoms with Gasteiger partial charge in [0, 0.05) is 11.1 Å². The molecule has 0 bridgehead atoms. The topological polar surface area (TPSA) is 104 Å². The molecule has 156 valence electrons. The van der Waals surface area contributed by atoms with Gasteiger partial charge in [-0.2, -0.15) is 4.99 Å². The number of amides is 1. The number of benzene rings is 2. The third-order valence-electron chi connectivity index (χ3n) is 4.47. The van der Waals surface area contributed by atoms with Crippen molar-refractivity contribution in [3.63, 3.8) is 0 Å². The highest BCUT2D eigenvalue weighted by atomic mass is 35.5. The summed E-state index contributed by atoms with van der Waals surface area (Å²) in [7, 11) is 0. The molecule has 0 fully saturated rings. The summed E-state index contributed by atoms with van der Waals surface area (Å²) in [6.45, 7) is 5.69. The zero-order chi connectivity index (χ0) is 22.0. The van der Waals surface area contributed by atoms with Gasteiger partial charge in [0.05, 0.1) is 21.7 Å². The van der Waals surface area contributed by atoms with Crippen LogP contribution in [0.5, 0.6) is 0 Å². The Morgan fingerprint density at radius 3 is 2.60 bits per heavy atom. The monoisotopic (exact) mass is 447 g/mol. The van der Waals surface area contributed by atoms with Crippen LogP contribution in [0.2, 0.25) is 5.02 Å². The van der Waals surface area contributed by atoms with E-state index in [4.69, 9.17) is 16.3 Å². The second-order valence-electron chi connectivity index (χ2n) is 6.52. The molecule has 2 aromatic carbocycles. The van der Waals surface area contributed by atoms with Crippen LogP contribution in [-0.2, 0) is 16.1 Å². The summed E-state index contributed by atoms with van der Waals surface area (Å²) in [4.78, 5) is 39.9. The normalized spacial score (nSPS) is 11.7. The Balaban J connectivity index is 2.20. The summed E-state index contributed by atoms with van der Waals surface area (Å²) < 4.78 is 7.45. The first kappa shape index (κ1) is 21.7. The first-order valence-corrected chi connectivity index (χ1v) is 10.2. The Labute approximate surface area is 180 Å². The first-order valence-electron chi connectivity index (χ1n) is 9.00. The Hall–Kier alpha value is -3.04. The van der Waals surface area contributed by atoms with Gasteiger partial charge >= 0.3 is 5.97 Å². The lowest BCUT2D eigenvalue weighted by Gasteiger charge is -2.06. The highest BCUT2D eigenvalue weighted by Crippen LogP contribution is 2.25. The average Bonchev–Trinajstić information content (AvgIpc) is 2.98. The zero-order valence-electron chi connectivity index (χ0n) is 16.5. The van der Waals surface area contributed by atoms with Crippen molar-refractivity contribution in [2.24, 2.45) is 4.99 Å². The second-order valence-corrected chi connectivity index (χ2v) is 7.96. The summed E-state index contributed by atoms with van der Waals surface area (Å²) in [5.41, 5.74) is 2.18. The number of esters is 1. The van der Waals surface area contributed by atoms with Gasteiger partial charge in [-0.05, 0) is 56.2 Å². The first-order chi connectivity index (χ1) is 14.2. The van der Waals surface area contributed by atoms with Crippen LogP contribution < -0.4 is 4.80 Å². The molecular formula is C20H18ClN3O5S. The van der Waals surface area contributed by atoms with Crippen LogP contribution >= 0.6 is 22.9 Å². The molecule has 0 radical (unpaired) electrons. The highest BCUT2D eigenvalue weighted by Gasteiger charge is 2.21. The summed E-state index contributed by atoms with van der Waals surface area (Å²) in [5, 5.41) is 11.5. The number of hydrogen-bond acceptors (Lipinski definition) is 6. The summed E-state index contributed by atoms with van der Waals surface area (Å²) in [6.07, 6.45) is 0. The van der Waals surface area contributed by atoms with Gasteiger partial charge in [-0.1, -0.05) is 22.9 Å². The van der Waals surface area contributed by atoms with Crippen LogP contribution in [0.1, 0.15) is 28.4 Å². The van der Waals surface area contributed by atoms with Crippen molar-refractivity contribution in [3.05, 3.63) is 67.0 Å². The predicted octanol–water partition coefficient (Wildman–Crippen LogP) is 4.19. The third-order valence-corrected chi connectivity index (χ3v) is 5.75. The quantitative estimate of drug-likeness (QED) is 0.331. The maximum atomic E-state index is 12.8. The Kier molecular flexibility index (Phi) is 6.33. The molecule has 3 rings (SSSR count). The molecule has 1 aromatic heterocycles. The molecule has 0 unspecified atom stereocenters. The lowest BCUT2D eigenvalue weighted by atomic mass is 10.1. The van der Waals surface area contributed by atoms with Gasteiger partial charge in [0.15, 0.2) is 4.80 Å². The molecule has 0 N–H and O–H groups in total. The van der Waals surface area contributed by atoms with E-state index in [1.165, 1.54) is 23.5 Å². The van der Waals surface area contributed by atoms with Gasteiger partial charge < -0.3 is 9.30 Å². The number of rotatable bonds is 5. The number of carbonyl (C=O) groups excluding carboxylic acids is 2. The SMILES string of the molecule is CCOC(=O)Cn1c(=NC(=O)c2cc(Cl)ccc2[N+](=O)[O-])sc2cc(C)c(C)cc21. The Morgan fingerprint density at radius 1 is 1.23 bits per heavy atom. The van der Waals surface area contributed by atoms with Gasteiger partial charge in [-0.15, -0.1) is 0 Å². The van der Waals surface area contributed by atoms with E-state index < -0.39 is 22.5 Å². The number of nitrogens with zero attached hydrogens (tertiary/aromatic N) is 3. The molecule has 0 aliphatic rings. The molecule has 3 aromatic rings. The summed E-state index contributed by atoms with van der Waals surface area (Å²) in [6, 6.07) is 7.56. The molecule has 0 spiro atoms. The number of nitro benzene ring substituents is 1. The number of thiazole rings is 1. The molecule has 1 amide bonds. The molecule has 0 saturated carbocycles. The summed E-state index contributed by atoms with van der Waals surface area (Å²) >= 11 is 7.14. The minimum absolute atomic E-state index is 0.139. The maximum absolute atomic E-state index is 12.8. The number of fused-ring (bicyclic) bond motifs is 1. The van der Waals surface area contributed by atoms with E-state index in [1.807, 2.05) is 26.0 Å². The molecule has 0 aliphatic carbocycles. The van der Waals surface area contributed by atoms with Crippen molar-refractivity contribution < 1.29 is 19.2 Å². The van der Waals surface area contributed by atoms with Crippen LogP contribution in [0.3, 0.4) is 0 Å². The second kappa shape index (κ2) is 8.76. The van der Waals surface area contributed by atoms with E-state index in [1.54, 1.807) is 11.5 Å². The van der Waals surface area contributed by atoms with Crippen LogP contribution in [0, 0.1) is 24.0 Å². The van der Waals surface area contributed by atoms with E-state index in [0.29, 0.717) is 0 Å². The van der Waals surface area contributed by atoms with Gasteiger partial charge in [0.25, 0.3) is 11.6 Å². The predicted molar refractivity (Wildman–Crippen MR) is 114 cm³/mol. The van der Waals surface area contributed by atoms with Gasteiger partial charge in [0.1, 0.15) is 12.1 Å². The van der Waals surface area contributed by atoms with Crippen molar-refractivity contribution in [3.8, 4) is 0 Å². The molecule has 0 aliphatic heterocycles. The molecule has 10 heteroatoms. The number of halogens is 1. The highest BCUT2D eigenvalue weighted by molar-refractivity contribution is 7.16. The van der Waals surface area contributed by atoms with E-state index in [9.17, 15) is 19.7 Å². The smallest absolute Gasteiger partial charge is 0.326 e. The number of aryl methyl sites for hydroxylation is 2. The van der Waals surface area contributed by atoms with Crippen LogP contribution in [-0.4, -0.2) is 28.0 Å². The minimum atomic E-state index is -0.818. The zero-order valence-corrected chi connectivity index (χ0v) is 18.0. The van der Waals surface area contributed by atoms with Crippen molar-refractivity contribution in [1.29, 1.82) is 0 Å². The molecule has 0 atom stereocenters. The number of aromatic nitrogens is 1. The number of ether oxygens (including phenoxy) is 1. The lowest BCUT2D eigenvalue weighted by molar-refractivity contribution is -0.385. The maximum Gasteiger partial charge on any atom is 0.326 e. The Bertz CT molecular complexity index is 1250. The van der Waals surface area contributed by atoms with Crippen LogP contribution in [0.15, 0.2) is 35.3 Å². The molecule has 1 heterocycles. The lowest BCUT2D eigenvalue weighted by Crippen LogP contribution is -2.23. The number of hydrogen-bond donors (Lipinski definition) is 0. The fraction of sp³-hybridized carbons (Fsp3) is 0.250. The number of carbonyl (C=O) groups is 2. The molecule has 0 saturated heterocycles. The fourth-order valence-electron chi connectivity index (χ4n) is 2.88. The van der Waals surface area contributed by atoms with E-state index in [-0.39, 0.29) is 28.5 Å². The largest absolute Gasteiger partial charge is 0.465 e. The van der Waals surface area contributed by atoms with Crippen molar-refractivity contribution in [2.75, 3.05) is 6.61 Å². The molecular weight excluding hydrogens is 430 g/mol. The van der Waals surface area contributed by atoms with E-state index in [0.717, 1.165) is 27.4 Å². The summed E-state index contributed by atoms with van der Waals surface area (Å²) in [5.74, 6) is -1.29. The fourth-order valence-corrected chi connectivity index (χ4v) is 4.16. The van der Waals surface area contributed by atoms with Crippen molar-refractivity contribution >= 4 is 50.7 Å². The molecule has 8 nitrogen and oxygen atoms in total. The van der Waals surface area contributed by atoms with Gasteiger partial charge in [-0.3, -0.25) is 19.7 Å². The van der Waals surface area contributed by atoms with Crippen molar-refractivity contribution in [2.45, 2.75) is 27.3 Å². The molecule has 30 heavy (non-hydrogen) atoms. The van der Waals surface area contributed by atoms with Crippen LogP contribution in [0.4, 0.5) is 5.69 Å². The average molecular weight is 448 g/mol. The standard InChI is InChI=1S/C20H18ClN3O5S/c1-4-29-18(25)10-23-16-7-11(2)12(3)8-17(16)30-20(23)22-19(26)14-9-13(21)5-6-15(14)24(27)28/h5-9H,4,10H2,1-3H3. The van der Waals surface area contributed by atoms with E-state index in [2.05, 4.69) is 4.99 Å².